The molecule has 0 radical (unpaired) electrons. The van der Waals surface area contributed by atoms with Crippen LogP contribution in [-0.2, 0) is 16.0 Å². The highest BCUT2D eigenvalue weighted by Gasteiger charge is 2.35. The minimum Gasteiger partial charge on any atom is -0.370 e. The van der Waals surface area contributed by atoms with Crippen LogP contribution in [0.15, 0.2) is 52.4 Å². The molecule has 0 saturated heterocycles. The van der Waals surface area contributed by atoms with Gasteiger partial charge in [0.25, 0.3) is 0 Å². The number of rotatable bonds is 6. The van der Waals surface area contributed by atoms with E-state index in [-0.39, 0.29) is 10.6 Å². The highest BCUT2D eigenvalue weighted by atomic mass is 32.2. The Bertz CT molecular complexity index is 1010. The first-order valence-electron chi connectivity index (χ1n) is 7.62. The zero-order valence-corrected chi connectivity index (χ0v) is 15.9. The summed E-state index contributed by atoms with van der Waals surface area (Å²) in [6.45, 7) is 1.09. The number of alkyl halides is 3. The Labute approximate surface area is 163 Å². The Morgan fingerprint density at radius 2 is 1.79 bits per heavy atom. The molecule has 1 atom stereocenters. The predicted octanol–water partition coefficient (Wildman–Crippen LogP) is 4.17. The SMILES string of the molecule is CC(O)(CS(=O)(=O)c1ccc(F)cc1)Nc1ccc(N=C=S)c(C(F)(F)F)c1. The number of nitrogens with zero attached hydrogens (tertiary/aromatic N) is 1. The van der Waals surface area contributed by atoms with Crippen molar-refractivity contribution in [1.29, 1.82) is 0 Å². The molecule has 2 aromatic carbocycles. The van der Waals surface area contributed by atoms with E-state index in [4.69, 9.17) is 0 Å². The number of aliphatic hydroxyl groups is 1. The third-order valence-electron chi connectivity index (χ3n) is 3.53. The molecule has 2 N–H and O–H groups in total. The second kappa shape index (κ2) is 7.96. The molecule has 0 aliphatic heterocycles. The number of benzene rings is 2. The maximum absolute atomic E-state index is 13.2. The van der Waals surface area contributed by atoms with E-state index in [1.165, 1.54) is 6.07 Å². The van der Waals surface area contributed by atoms with E-state index < -0.39 is 44.6 Å². The predicted molar refractivity (Wildman–Crippen MR) is 98.8 cm³/mol. The molecule has 2 aromatic rings. The van der Waals surface area contributed by atoms with Crippen molar-refractivity contribution in [2.45, 2.75) is 23.7 Å². The fourth-order valence-corrected chi connectivity index (χ4v) is 4.06. The van der Waals surface area contributed by atoms with E-state index in [0.29, 0.717) is 6.07 Å². The maximum Gasteiger partial charge on any atom is 0.418 e. The monoisotopic (exact) mass is 434 g/mol. The van der Waals surface area contributed by atoms with E-state index >= 15 is 0 Å². The van der Waals surface area contributed by atoms with Gasteiger partial charge in [0.15, 0.2) is 9.84 Å². The summed E-state index contributed by atoms with van der Waals surface area (Å²) >= 11 is 4.32. The van der Waals surface area contributed by atoms with Gasteiger partial charge in [0.2, 0.25) is 0 Å². The molecule has 0 spiro atoms. The molecule has 0 saturated carbocycles. The van der Waals surface area contributed by atoms with Crippen LogP contribution >= 0.6 is 12.2 Å². The molecule has 0 heterocycles. The molecule has 0 aromatic heterocycles. The molecule has 0 aliphatic rings. The molecule has 0 amide bonds. The molecule has 2 rings (SSSR count). The van der Waals surface area contributed by atoms with Gasteiger partial charge < -0.3 is 10.4 Å². The number of isothiocyanates is 1. The highest BCUT2D eigenvalue weighted by Crippen LogP contribution is 2.38. The molecular formula is C17H14F4N2O3S2. The lowest BCUT2D eigenvalue weighted by atomic mass is 10.1. The van der Waals surface area contributed by atoms with Crippen LogP contribution in [0.4, 0.5) is 28.9 Å². The van der Waals surface area contributed by atoms with Gasteiger partial charge in [0.05, 0.1) is 21.3 Å². The second-order valence-corrected chi connectivity index (χ2v) is 8.22. The van der Waals surface area contributed by atoms with Gasteiger partial charge in [-0.2, -0.15) is 18.2 Å². The smallest absolute Gasteiger partial charge is 0.370 e. The van der Waals surface area contributed by atoms with Gasteiger partial charge in [-0.15, -0.1) is 0 Å². The molecule has 11 heteroatoms. The number of aliphatic imine (C=N–C) groups is 1. The summed E-state index contributed by atoms with van der Waals surface area (Å²) < 4.78 is 77.2. The minimum absolute atomic E-state index is 0.185. The normalized spacial score (nSPS) is 14.1. The average molecular weight is 434 g/mol. The van der Waals surface area contributed by atoms with Crippen molar-refractivity contribution in [2.75, 3.05) is 11.1 Å². The highest BCUT2D eigenvalue weighted by molar-refractivity contribution is 7.91. The standard InChI is InChI=1S/C17H14F4N2O3S2/c1-16(24,9-28(25,26)13-5-2-11(18)3-6-13)23-12-4-7-15(22-10-27)14(8-12)17(19,20)21/h2-8,23-24H,9H2,1H3. The Kier molecular flexibility index (Phi) is 6.24. The molecule has 5 nitrogen and oxygen atoms in total. The van der Waals surface area contributed by atoms with Gasteiger partial charge in [-0.25, -0.2) is 12.8 Å². The van der Waals surface area contributed by atoms with E-state index in [1.807, 2.05) is 5.16 Å². The zero-order valence-electron chi connectivity index (χ0n) is 14.3. The second-order valence-electron chi connectivity index (χ2n) is 6.04. The topological polar surface area (TPSA) is 78.8 Å². The number of anilines is 1. The Hall–Kier alpha value is -2.33. The molecule has 28 heavy (non-hydrogen) atoms. The first-order valence-corrected chi connectivity index (χ1v) is 9.68. The molecule has 0 aliphatic carbocycles. The number of hydrogen-bond donors (Lipinski definition) is 2. The number of hydrogen-bond acceptors (Lipinski definition) is 6. The van der Waals surface area contributed by atoms with E-state index in [0.717, 1.165) is 37.3 Å². The van der Waals surface area contributed by atoms with Crippen LogP contribution in [0.25, 0.3) is 0 Å². The quantitative estimate of drug-likeness (QED) is 0.235. The van der Waals surface area contributed by atoms with Crippen molar-refractivity contribution in [3.05, 3.63) is 53.8 Å². The number of thiocarbonyl (C=S) groups is 1. The van der Waals surface area contributed by atoms with Crippen LogP contribution < -0.4 is 5.32 Å². The third-order valence-corrected chi connectivity index (χ3v) is 5.55. The first-order chi connectivity index (χ1) is 12.8. The minimum atomic E-state index is -4.76. The number of nitrogens with one attached hydrogen (secondary N) is 1. The molecule has 0 fully saturated rings. The molecule has 150 valence electrons. The number of sulfone groups is 1. The lowest BCUT2D eigenvalue weighted by molar-refractivity contribution is -0.137. The van der Waals surface area contributed by atoms with Crippen molar-refractivity contribution < 1.29 is 31.1 Å². The summed E-state index contributed by atoms with van der Waals surface area (Å²) in [5.74, 6) is -1.50. The van der Waals surface area contributed by atoms with Gasteiger partial charge in [-0.05, 0) is 61.6 Å². The summed E-state index contributed by atoms with van der Waals surface area (Å²) in [6.07, 6.45) is -4.76. The summed E-state index contributed by atoms with van der Waals surface area (Å²) in [4.78, 5) is 3.11. The van der Waals surface area contributed by atoms with Crippen LogP contribution in [0, 0.1) is 5.82 Å². The largest absolute Gasteiger partial charge is 0.418 e. The van der Waals surface area contributed by atoms with Crippen molar-refractivity contribution in [3.8, 4) is 0 Å². The van der Waals surface area contributed by atoms with E-state index in [1.54, 1.807) is 0 Å². The Balaban J connectivity index is 2.30. The lowest BCUT2D eigenvalue weighted by Gasteiger charge is -2.26. The van der Waals surface area contributed by atoms with Gasteiger partial charge in [-0.1, -0.05) is 0 Å². The average Bonchev–Trinajstić information content (AvgIpc) is 2.54. The fourth-order valence-electron chi connectivity index (χ4n) is 2.43. The maximum atomic E-state index is 13.2. The Morgan fingerprint density at radius 1 is 1.18 bits per heavy atom. The Morgan fingerprint density at radius 3 is 2.32 bits per heavy atom. The summed E-state index contributed by atoms with van der Waals surface area (Å²) in [5.41, 5.74) is -3.90. The van der Waals surface area contributed by atoms with E-state index in [2.05, 4.69) is 22.5 Å². The van der Waals surface area contributed by atoms with Gasteiger partial charge in [0.1, 0.15) is 17.3 Å². The van der Waals surface area contributed by atoms with Crippen LogP contribution in [0.1, 0.15) is 12.5 Å². The summed E-state index contributed by atoms with van der Waals surface area (Å²) in [6, 6.07) is 6.81. The molecule has 1 unspecified atom stereocenters. The van der Waals surface area contributed by atoms with E-state index in [9.17, 15) is 31.1 Å². The van der Waals surface area contributed by atoms with Gasteiger partial charge in [-0.3, -0.25) is 0 Å². The van der Waals surface area contributed by atoms with Crippen molar-refractivity contribution in [1.82, 2.24) is 0 Å². The summed E-state index contributed by atoms with van der Waals surface area (Å²) in [5, 5.41) is 14.6. The molecular weight excluding hydrogens is 420 g/mol. The van der Waals surface area contributed by atoms with Crippen LogP contribution in [0.2, 0.25) is 0 Å². The van der Waals surface area contributed by atoms with Crippen LogP contribution in [-0.4, -0.2) is 30.2 Å². The zero-order chi connectivity index (χ0) is 21.2. The first kappa shape index (κ1) is 22.0. The number of halogens is 4. The third kappa shape index (κ3) is 5.59. The summed E-state index contributed by atoms with van der Waals surface area (Å²) in [7, 11) is -4.05. The van der Waals surface area contributed by atoms with Crippen molar-refractivity contribution in [3.63, 3.8) is 0 Å². The van der Waals surface area contributed by atoms with Crippen LogP contribution in [0.3, 0.4) is 0 Å². The van der Waals surface area contributed by atoms with Gasteiger partial charge >= 0.3 is 6.18 Å². The fraction of sp³-hybridized carbons (Fsp3) is 0.235. The lowest BCUT2D eigenvalue weighted by Crippen LogP contribution is -2.41. The van der Waals surface area contributed by atoms with Crippen molar-refractivity contribution >= 4 is 38.6 Å². The van der Waals surface area contributed by atoms with Gasteiger partial charge in [0, 0.05) is 5.69 Å². The van der Waals surface area contributed by atoms with Crippen LogP contribution in [0.5, 0.6) is 0 Å². The molecule has 0 bridgehead atoms. The van der Waals surface area contributed by atoms with Crippen molar-refractivity contribution in [2.24, 2.45) is 4.99 Å².